The Hall–Kier alpha value is -4.41. The molecular weight excluding hydrogens is 469 g/mol. The lowest BCUT2D eigenvalue weighted by Crippen LogP contribution is -2.44. The molecule has 0 heterocycles. The fourth-order valence-electron chi connectivity index (χ4n) is 3.17. The average Bonchev–Trinajstić information content (AvgIpc) is 2.83. The van der Waals surface area contributed by atoms with Gasteiger partial charge in [0.25, 0.3) is 5.69 Å². The van der Waals surface area contributed by atoms with E-state index >= 15 is 0 Å². The van der Waals surface area contributed by atoms with Crippen molar-refractivity contribution in [3.8, 4) is 16.9 Å². The molecule has 0 saturated carbocycles. The van der Waals surface area contributed by atoms with E-state index < -0.39 is 34.8 Å². The van der Waals surface area contributed by atoms with Crippen molar-refractivity contribution in [2.45, 2.75) is 18.6 Å². The van der Waals surface area contributed by atoms with E-state index in [1.807, 2.05) is 0 Å². The Morgan fingerprint density at radius 1 is 0.943 bits per heavy atom. The minimum atomic E-state index is -4.42. The van der Waals surface area contributed by atoms with Gasteiger partial charge >= 0.3 is 18.2 Å². The summed E-state index contributed by atoms with van der Waals surface area (Å²) in [5.74, 6) is -0.685. The number of esters is 1. The highest BCUT2D eigenvalue weighted by Crippen LogP contribution is 2.31. The van der Waals surface area contributed by atoms with Crippen molar-refractivity contribution >= 4 is 17.7 Å². The predicted molar refractivity (Wildman–Crippen MR) is 119 cm³/mol. The first-order valence-corrected chi connectivity index (χ1v) is 10.1. The van der Waals surface area contributed by atoms with Crippen LogP contribution < -0.4 is 10.1 Å². The molecule has 35 heavy (non-hydrogen) atoms. The van der Waals surface area contributed by atoms with E-state index in [2.05, 4.69) is 5.32 Å². The van der Waals surface area contributed by atoms with Gasteiger partial charge in [-0.2, -0.15) is 13.2 Å². The van der Waals surface area contributed by atoms with Crippen LogP contribution in [0.2, 0.25) is 0 Å². The number of halogens is 3. The predicted octanol–water partition coefficient (Wildman–Crippen LogP) is 5.15. The van der Waals surface area contributed by atoms with Crippen LogP contribution in [0, 0.1) is 10.1 Å². The number of ether oxygens (including phenoxy) is 2. The number of hydrogen-bond acceptors (Lipinski definition) is 6. The Kier molecular flexibility index (Phi) is 7.69. The van der Waals surface area contributed by atoms with Crippen LogP contribution >= 0.6 is 0 Å². The van der Waals surface area contributed by atoms with Gasteiger partial charge in [0.05, 0.1) is 17.6 Å². The number of rotatable bonds is 7. The third-order valence-corrected chi connectivity index (χ3v) is 4.98. The van der Waals surface area contributed by atoms with Crippen molar-refractivity contribution in [2.24, 2.45) is 0 Å². The second kappa shape index (κ2) is 10.7. The molecule has 3 aromatic carbocycles. The van der Waals surface area contributed by atoms with Gasteiger partial charge in [0.1, 0.15) is 11.8 Å². The summed E-state index contributed by atoms with van der Waals surface area (Å²) in [5.41, 5.74) is 0.976. The number of amides is 1. The molecule has 1 atom stereocenters. The van der Waals surface area contributed by atoms with Crippen LogP contribution in [0.15, 0.2) is 72.8 Å². The van der Waals surface area contributed by atoms with E-state index in [-0.39, 0.29) is 17.9 Å². The third kappa shape index (κ3) is 6.79. The van der Waals surface area contributed by atoms with Gasteiger partial charge in [-0.1, -0.05) is 36.4 Å². The Balaban J connectivity index is 1.66. The quantitative estimate of drug-likeness (QED) is 0.280. The first kappa shape index (κ1) is 25.2. The Morgan fingerprint density at radius 3 is 1.97 bits per heavy atom. The van der Waals surface area contributed by atoms with Gasteiger partial charge in [-0.25, -0.2) is 9.59 Å². The van der Waals surface area contributed by atoms with Crippen LogP contribution in [0.25, 0.3) is 11.1 Å². The number of nitro benzene ring substituents is 1. The zero-order chi connectivity index (χ0) is 25.6. The Bertz CT molecular complexity index is 1190. The van der Waals surface area contributed by atoms with Crippen LogP contribution in [-0.4, -0.2) is 30.1 Å². The van der Waals surface area contributed by atoms with E-state index in [0.29, 0.717) is 16.7 Å². The summed E-state index contributed by atoms with van der Waals surface area (Å²) in [4.78, 5) is 34.5. The smallest absolute Gasteiger partial charge is 0.416 e. The van der Waals surface area contributed by atoms with E-state index in [1.165, 1.54) is 36.4 Å². The van der Waals surface area contributed by atoms with Gasteiger partial charge < -0.3 is 14.8 Å². The maximum atomic E-state index is 12.7. The first-order chi connectivity index (χ1) is 16.6. The normalized spacial score (nSPS) is 11.9. The molecule has 0 fully saturated rings. The fraction of sp³-hybridized carbons (Fsp3) is 0.167. The fourth-order valence-corrected chi connectivity index (χ4v) is 3.17. The summed E-state index contributed by atoms with van der Waals surface area (Å²) in [6, 6.07) is 15.2. The maximum absolute atomic E-state index is 12.7. The third-order valence-electron chi connectivity index (χ3n) is 4.98. The standard InChI is InChI=1S/C24H19F3N2O6/c1-34-22(30)21(28-23(31)35-20-12-10-19(11-13-20)29(32)33)14-15-2-4-16(5-3-15)17-6-8-18(9-7-17)24(25,26)27/h2-13,21H,14H2,1H3,(H,28,31)/t21-/m0/s1. The summed E-state index contributed by atoms with van der Waals surface area (Å²) in [6.45, 7) is 0. The molecule has 3 rings (SSSR count). The van der Waals surface area contributed by atoms with Crippen molar-refractivity contribution in [1.82, 2.24) is 5.32 Å². The van der Waals surface area contributed by atoms with Crippen LogP contribution in [-0.2, 0) is 22.1 Å². The summed E-state index contributed by atoms with van der Waals surface area (Å²) in [5, 5.41) is 13.1. The van der Waals surface area contributed by atoms with Crippen LogP contribution in [0.5, 0.6) is 5.75 Å². The summed E-state index contributed by atoms with van der Waals surface area (Å²) in [7, 11) is 1.16. The summed E-state index contributed by atoms with van der Waals surface area (Å²) < 4.78 is 48.0. The minimum Gasteiger partial charge on any atom is -0.467 e. The van der Waals surface area contributed by atoms with E-state index in [1.54, 1.807) is 24.3 Å². The molecule has 0 saturated heterocycles. The Labute approximate surface area is 197 Å². The van der Waals surface area contributed by atoms with Crippen molar-refractivity contribution in [1.29, 1.82) is 0 Å². The largest absolute Gasteiger partial charge is 0.467 e. The number of carbonyl (C=O) groups is 2. The molecule has 3 aromatic rings. The number of nitrogens with one attached hydrogen (secondary N) is 1. The number of carbonyl (C=O) groups excluding carboxylic acids is 2. The number of hydrogen-bond donors (Lipinski definition) is 1. The Morgan fingerprint density at radius 2 is 1.49 bits per heavy atom. The van der Waals surface area contributed by atoms with Crippen molar-refractivity contribution in [3.63, 3.8) is 0 Å². The lowest BCUT2D eigenvalue weighted by Gasteiger charge is -2.16. The number of nitro groups is 1. The van der Waals surface area contributed by atoms with Crippen LogP contribution in [0.4, 0.5) is 23.7 Å². The van der Waals surface area contributed by atoms with Crippen LogP contribution in [0.3, 0.4) is 0 Å². The topological polar surface area (TPSA) is 108 Å². The van der Waals surface area contributed by atoms with Gasteiger partial charge in [-0.15, -0.1) is 0 Å². The molecule has 11 heteroatoms. The van der Waals surface area contributed by atoms with Crippen LogP contribution in [0.1, 0.15) is 11.1 Å². The zero-order valence-corrected chi connectivity index (χ0v) is 18.2. The highest BCUT2D eigenvalue weighted by Gasteiger charge is 2.30. The van der Waals surface area contributed by atoms with E-state index in [4.69, 9.17) is 9.47 Å². The highest BCUT2D eigenvalue weighted by atomic mass is 19.4. The van der Waals surface area contributed by atoms with Crippen molar-refractivity contribution in [3.05, 3.63) is 94.0 Å². The molecule has 0 unspecified atom stereocenters. The molecule has 0 spiro atoms. The van der Waals surface area contributed by atoms with Gasteiger partial charge in [-0.3, -0.25) is 10.1 Å². The maximum Gasteiger partial charge on any atom is 0.416 e. The van der Waals surface area contributed by atoms with Gasteiger partial charge in [-0.05, 0) is 41.0 Å². The van der Waals surface area contributed by atoms with E-state index in [0.717, 1.165) is 19.2 Å². The number of non-ortho nitro benzene ring substituents is 1. The molecule has 1 amide bonds. The second-order valence-electron chi connectivity index (χ2n) is 7.34. The van der Waals surface area contributed by atoms with Crippen molar-refractivity contribution in [2.75, 3.05) is 7.11 Å². The molecule has 0 radical (unpaired) electrons. The molecule has 0 aromatic heterocycles. The molecule has 182 valence electrons. The number of nitrogens with zero attached hydrogens (tertiary/aromatic N) is 1. The van der Waals surface area contributed by atoms with Crippen molar-refractivity contribution < 1.29 is 37.2 Å². The molecule has 0 aliphatic heterocycles. The summed E-state index contributed by atoms with van der Waals surface area (Å²) in [6.07, 6.45) is -5.33. The highest BCUT2D eigenvalue weighted by molar-refractivity contribution is 5.82. The van der Waals surface area contributed by atoms with Gasteiger partial charge in [0.15, 0.2) is 0 Å². The lowest BCUT2D eigenvalue weighted by molar-refractivity contribution is -0.384. The van der Waals surface area contributed by atoms with E-state index in [9.17, 15) is 32.9 Å². The number of alkyl halides is 3. The minimum absolute atomic E-state index is 0.0395. The SMILES string of the molecule is COC(=O)[C@H](Cc1ccc(-c2ccc(C(F)(F)F)cc2)cc1)NC(=O)Oc1ccc([N+](=O)[O-])cc1. The molecule has 8 nitrogen and oxygen atoms in total. The molecular formula is C24H19F3N2O6. The molecule has 0 bridgehead atoms. The zero-order valence-electron chi connectivity index (χ0n) is 18.2. The molecule has 0 aliphatic rings. The first-order valence-electron chi connectivity index (χ1n) is 10.1. The van der Waals surface area contributed by atoms with Gasteiger partial charge in [0.2, 0.25) is 0 Å². The lowest BCUT2D eigenvalue weighted by atomic mass is 10.00. The second-order valence-corrected chi connectivity index (χ2v) is 7.34. The molecule has 0 aliphatic carbocycles. The monoisotopic (exact) mass is 488 g/mol. The number of benzene rings is 3. The average molecular weight is 488 g/mol. The van der Waals surface area contributed by atoms with Gasteiger partial charge in [0, 0.05) is 18.6 Å². The number of methoxy groups -OCH3 is 1. The molecule has 1 N–H and O–H groups in total. The summed E-state index contributed by atoms with van der Waals surface area (Å²) >= 11 is 0.